The van der Waals surface area contributed by atoms with Gasteiger partial charge < -0.3 is 10.6 Å². The van der Waals surface area contributed by atoms with Crippen molar-refractivity contribution in [2.24, 2.45) is 0 Å². The number of aryl methyl sites for hydroxylation is 2. The number of anilines is 1. The predicted molar refractivity (Wildman–Crippen MR) is 139 cm³/mol. The summed E-state index contributed by atoms with van der Waals surface area (Å²) in [5.74, 6) is 1.37. The van der Waals surface area contributed by atoms with E-state index in [1.165, 1.54) is 5.56 Å². The highest BCUT2D eigenvalue weighted by Crippen LogP contribution is 2.28. The van der Waals surface area contributed by atoms with Gasteiger partial charge in [-0.15, -0.1) is 10.2 Å². The van der Waals surface area contributed by atoms with Crippen LogP contribution in [0.25, 0.3) is 5.69 Å². The Morgan fingerprint density at radius 3 is 2.56 bits per heavy atom. The van der Waals surface area contributed by atoms with Crippen LogP contribution in [-0.2, 0) is 12.3 Å². The van der Waals surface area contributed by atoms with Crippen LogP contribution in [0.2, 0.25) is 5.02 Å². The number of nitrogens with zero attached hydrogens (tertiary/aromatic N) is 3. The molecule has 0 bridgehead atoms. The summed E-state index contributed by atoms with van der Waals surface area (Å²) in [6.07, 6.45) is 0. The molecule has 174 valence electrons. The lowest BCUT2D eigenvalue weighted by atomic mass is 10.1. The first-order valence-electron chi connectivity index (χ1n) is 10.9. The maximum absolute atomic E-state index is 12.6. The fourth-order valence-corrected chi connectivity index (χ4v) is 4.59. The van der Waals surface area contributed by atoms with Gasteiger partial charge in [-0.3, -0.25) is 4.57 Å². The molecule has 4 rings (SSSR count). The second-order valence-electron chi connectivity index (χ2n) is 7.99. The zero-order chi connectivity index (χ0) is 24.1. The van der Waals surface area contributed by atoms with Crippen molar-refractivity contribution < 1.29 is 4.79 Å². The number of carbonyl (C=O) groups excluding carboxylic acids is 1. The molecule has 34 heavy (non-hydrogen) atoms. The molecular formula is C26H26ClN5OS. The van der Waals surface area contributed by atoms with Gasteiger partial charge in [0.1, 0.15) is 0 Å². The van der Waals surface area contributed by atoms with Gasteiger partial charge >= 0.3 is 6.03 Å². The Morgan fingerprint density at radius 1 is 0.971 bits per heavy atom. The number of thioether (sulfide) groups is 1. The van der Waals surface area contributed by atoms with Crippen molar-refractivity contribution in [3.63, 3.8) is 0 Å². The van der Waals surface area contributed by atoms with Crippen LogP contribution in [0.4, 0.5) is 10.5 Å². The number of hydrogen-bond acceptors (Lipinski definition) is 4. The smallest absolute Gasteiger partial charge is 0.319 e. The summed E-state index contributed by atoms with van der Waals surface area (Å²) in [5, 5.41) is 16.0. The Bertz CT molecular complexity index is 1310. The topological polar surface area (TPSA) is 71.8 Å². The van der Waals surface area contributed by atoms with E-state index in [0.717, 1.165) is 39.0 Å². The molecule has 8 heteroatoms. The first-order valence-corrected chi connectivity index (χ1v) is 12.3. The second kappa shape index (κ2) is 10.8. The van der Waals surface area contributed by atoms with E-state index in [2.05, 4.69) is 33.0 Å². The van der Waals surface area contributed by atoms with Crippen molar-refractivity contribution in [1.29, 1.82) is 0 Å². The number of nitrogens with one attached hydrogen (secondary N) is 2. The van der Waals surface area contributed by atoms with Crippen molar-refractivity contribution >= 4 is 35.1 Å². The van der Waals surface area contributed by atoms with E-state index in [1.54, 1.807) is 11.8 Å². The van der Waals surface area contributed by atoms with Crippen molar-refractivity contribution in [1.82, 2.24) is 20.1 Å². The minimum atomic E-state index is -0.301. The van der Waals surface area contributed by atoms with Crippen LogP contribution in [0.5, 0.6) is 0 Å². The Kier molecular flexibility index (Phi) is 7.55. The molecule has 1 aromatic heterocycles. The summed E-state index contributed by atoms with van der Waals surface area (Å²) >= 11 is 7.90. The molecule has 0 unspecified atom stereocenters. The molecule has 0 fully saturated rings. The summed E-state index contributed by atoms with van der Waals surface area (Å²) in [7, 11) is 0. The molecule has 0 aliphatic heterocycles. The van der Waals surface area contributed by atoms with Gasteiger partial charge in [0.25, 0.3) is 0 Å². The number of hydrogen-bond donors (Lipinski definition) is 2. The van der Waals surface area contributed by atoms with Crippen molar-refractivity contribution in [3.05, 3.63) is 99.8 Å². The Hall–Kier alpha value is -3.29. The van der Waals surface area contributed by atoms with Crippen LogP contribution in [0.3, 0.4) is 0 Å². The van der Waals surface area contributed by atoms with E-state index in [1.807, 2.05) is 79.9 Å². The predicted octanol–water partition coefficient (Wildman–Crippen LogP) is 6.46. The molecule has 3 aromatic carbocycles. The Labute approximate surface area is 208 Å². The molecule has 0 saturated heterocycles. The van der Waals surface area contributed by atoms with Gasteiger partial charge in [-0.1, -0.05) is 71.9 Å². The van der Waals surface area contributed by atoms with Crippen LogP contribution in [-0.4, -0.2) is 20.8 Å². The zero-order valence-electron chi connectivity index (χ0n) is 19.3. The third-order valence-electron chi connectivity index (χ3n) is 5.58. The van der Waals surface area contributed by atoms with Gasteiger partial charge in [0.2, 0.25) is 0 Å². The monoisotopic (exact) mass is 491 g/mol. The quantitative estimate of drug-likeness (QED) is 0.291. The van der Waals surface area contributed by atoms with Gasteiger partial charge in [-0.25, -0.2) is 4.79 Å². The largest absolute Gasteiger partial charge is 0.331 e. The number of halogens is 1. The molecule has 0 aliphatic carbocycles. The van der Waals surface area contributed by atoms with Gasteiger partial charge in [0.15, 0.2) is 11.0 Å². The van der Waals surface area contributed by atoms with Gasteiger partial charge in [-0.05, 0) is 61.2 Å². The average molecular weight is 492 g/mol. The van der Waals surface area contributed by atoms with Crippen LogP contribution < -0.4 is 10.6 Å². The molecule has 0 spiro atoms. The van der Waals surface area contributed by atoms with Gasteiger partial charge in [0.05, 0.1) is 12.2 Å². The Balaban J connectivity index is 1.56. The number of aromatic nitrogens is 3. The molecule has 2 amide bonds. The minimum Gasteiger partial charge on any atom is -0.331 e. The molecule has 2 N–H and O–H groups in total. The van der Waals surface area contributed by atoms with E-state index in [0.29, 0.717) is 10.8 Å². The molecule has 0 radical (unpaired) electrons. The summed E-state index contributed by atoms with van der Waals surface area (Å²) in [6.45, 7) is 6.23. The summed E-state index contributed by atoms with van der Waals surface area (Å²) in [5.41, 5.74) is 6.05. The number of carbonyl (C=O) groups is 1. The molecule has 6 nitrogen and oxygen atoms in total. The second-order valence-corrected chi connectivity index (χ2v) is 9.37. The maximum Gasteiger partial charge on any atom is 0.319 e. The number of urea groups is 1. The summed E-state index contributed by atoms with van der Waals surface area (Å²) < 4.78 is 1.97. The number of benzene rings is 3. The van der Waals surface area contributed by atoms with Crippen molar-refractivity contribution in [2.45, 2.75) is 38.2 Å². The molecule has 0 saturated carbocycles. The zero-order valence-corrected chi connectivity index (χ0v) is 20.9. The van der Waals surface area contributed by atoms with Crippen LogP contribution in [0, 0.1) is 20.8 Å². The number of amides is 2. The van der Waals surface area contributed by atoms with Crippen LogP contribution in [0.1, 0.15) is 28.1 Å². The first-order chi connectivity index (χ1) is 16.4. The third-order valence-corrected chi connectivity index (χ3v) is 6.82. The van der Waals surface area contributed by atoms with Crippen LogP contribution >= 0.6 is 23.4 Å². The fraction of sp³-hybridized carbons (Fsp3) is 0.192. The summed E-state index contributed by atoms with van der Waals surface area (Å²) in [4.78, 5) is 12.6. The Morgan fingerprint density at radius 2 is 1.76 bits per heavy atom. The molecule has 4 aromatic rings. The fourth-order valence-electron chi connectivity index (χ4n) is 3.51. The van der Waals surface area contributed by atoms with E-state index in [4.69, 9.17) is 11.6 Å². The first kappa shape index (κ1) is 23.9. The number of rotatable bonds is 7. The lowest BCUT2D eigenvalue weighted by Gasteiger charge is -2.14. The normalized spacial score (nSPS) is 10.8. The lowest BCUT2D eigenvalue weighted by molar-refractivity contribution is 0.251. The van der Waals surface area contributed by atoms with Crippen molar-refractivity contribution in [2.75, 3.05) is 5.32 Å². The maximum atomic E-state index is 12.6. The molecule has 0 atom stereocenters. The summed E-state index contributed by atoms with van der Waals surface area (Å²) in [6, 6.07) is 21.4. The van der Waals surface area contributed by atoms with Gasteiger partial charge in [0, 0.05) is 16.5 Å². The molecule has 0 aliphatic rings. The van der Waals surface area contributed by atoms with E-state index in [-0.39, 0.29) is 12.6 Å². The third kappa shape index (κ3) is 5.61. The average Bonchev–Trinajstić information content (AvgIpc) is 3.24. The molecular weight excluding hydrogens is 466 g/mol. The van der Waals surface area contributed by atoms with Crippen LogP contribution in [0.15, 0.2) is 71.9 Å². The highest BCUT2D eigenvalue weighted by molar-refractivity contribution is 7.98. The minimum absolute atomic E-state index is 0.210. The SMILES string of the molecule is Cc1ccc(Cl)cc1-n1c(CNC(=O)Nc2cccc(C)c2C)nnc1SCc1ccccc1. The highest BCUT2D eigenvalue weighted by Gasteiger charge is 2.17. The highest BCUT2D eigenvalue weighted by atomic mass is 35.5. The lowest BCUT2D eigenvalue weighted by Crippen LogP contribution is -2.29. The van der Waals surface area contributed by atoms with E-state index < -0.39 is 0 Å². The van der Waals surface area contributed by atoms with Crippen molar-refractivity contribution in [3.8, 4) is 5.69 Å². The molecule has 1 heterocycles. The van der Waals surface area contributed by atoms with E-state index in [9.17, 15) is 4.79 Å². The standard InChI is InChI=1S/C26H26ClN5OS/c1-17-8-7-11-22(19(17)3)29-25(33)28-15-24-30-31-26(34-16-20-9-5-4-6-10-20)32(24)23-14-21(27)13-12-18(23)2/h4-14H,15-16H2,1-3H3,(H2,28,29,33). The van der Waals surface area contributed by atoms with Gasteiger partial charge in [-0.2, -0.15) is 0 Å². The van der Waals surface area contributed by atoms with E-state index >= 15 is 0 Å².